The van der Waals surface area contributed by atoms with E-state index in [1.54, 1.807) is 54.6 Å². The van der Waals surface area contributed by atoms with Gasteiger partial charge < -0.3 is 0 Å². The minimum absolute atomic E-state index is 0.249. The predicted octanol–water partition coefficient (Wildman–Crippen LogP) is 5.04. The maximum absolute atomic E-state index is 13.2. The normalized spacial score (nSPS) is 11.3. The first-order valence-electron chi connectivity index (χ1n) is 7.86. The summed E-state index contributed by atoms with van der Waals surface area (Å²) in [6.45, 7) is 2.25. The van der Waals surface area contributed by atoms with Crippen LogP contribution in [-0.4, -0.2) is 8.42 Å². The average Bonchev–Trinajstić information content (AvgIpc) is 2.63. The van der Waals surface area contributed by atoms with Crippen molar-refractivity contribution in [2.45, 2.75) is 18.4 Å². The van der Waals surface area contributed by atoms with Gasteiger partial charge in [0.25, 0.3) is 10.0 Å². The Morgan fingerprint density at radius 1 is 0.840 bits per heavy atom. The monoisotopic (exact) mass is 371 g/mol. The first-order valence-corrected chi connectivity index (χ1v) is 9.67. The van der Waals surface area contributed by atoms with Crippen molar-refractivity contribution in [3.8, 4) is 0 Å². The molecule has 0 fully saturated rings. The van der Waals surface area contributed by atoms with Gasteiger partial charge in [-0.1, -0.05) is 59.6 Å². The zero-order chi connectivity index (χ0) is 17.9. The van der Waals surface area contributed by atoms with Crippen LogP contribution in [0, 0.1) is 6.92 Å². The summed E-state index contributed by atoms with van der Waals surface area (Å²) < 4.78 is 27.8. The number of anilines is 1. The van der Waals surface area contributed by atoms with Gasteiger partial charge in [0.05, 0.1) is 17.1 Å². The lowest BCUT2D eigenvalue weighted by atomic mass is 10.1. The standard InChI is InChI=1S/C20H18ClNO2S/c1-16-7-9-17(10-8-16)15-22(19-13-11-18(21)12-14-19)25(23,24)20-5-3-2-4-6-20/h2-14H,15H2,1H3. The second kappa shape index (κ2) is 7.30. The van der Waals surface area contributed by atoms with E-state index in [2.05, 4.69) is 0 Å². The van der Waals surface area contributed by atoms with Crippen molar-refractivity contribution >= 4 is 27.3 Å². The second-order valence-electron chi connectivity index (χ2n) is 5.79. The third-order valence-corrected chi connectivity index (χ3v) is 5.93. The summed E-state index contributed by atoms with van der Waals surface area (Å²) in [6, 6.07) is 23.1. The van der Waals surface area contributed by atoms with Crippen LogP contribution in [0.3, 0.4) is 0 Å². The summed E-state index contributed by atoms with van der Waals surface area (Å²) in [7, 11) is -3.69. The molecule has 0 aliphatic heterocycles. The molecule has 0 amide bonds. The van der Waals surface area contributed by atoms with Crippen LogP contribution in [0.2, 0.25) is 5.02 Å². The molecule has 5 heteroatoms. The van der Waals surface area contributed by atoms with Crippen LogP contribution in [0.1, 0.15) is 11.1 Å². The highest BCUT2D eigenvalue weighted by molar-refractivity contribution is 7.92. The van der Waals surface area contributed by atoms with Crippen LogP contribution < -0.4 is 4.31 Å². The van der Waals surface area contributed by atoms with Gasteiger partial charge in [-0.2, -0.15) is 0 Å². The Labute approximate surface area is 153 Å². The number of hydrogen-bond donors (Lipinski definition) is 0. The maximum Gasteiger partial charge on any atom is 0.264 e. The van der Waals surface area contributed by atoms with Crippen LogP contribution in [-0.2, 0) is 16.6 Å². The summed E-state index contributed by atoms with van der Waals surface area (Å²) in [5.41, 5.74) is 2.63. The molecule has 0 aromatic heterocycles. The largest absolute Gasteiger partial charge is 0.264 e. The van der Waals surface area contributed by atoms with Crippen LogP contribution >= 0.6 is 11.6 Å². The third-order valence-electron chi connectivity index (χ3n) is 3.89. The van der Waals surface area contributed by atoms with E-state index in [-0.39, 0.29) is 11.4 Å². The minimum atomic E-state index is -3.69. The van der Waals surface area contributed by atoms with Crippen LogP contribution in [0.5, 0.6) is 0 Å². The molecular formula is C20H18ClNO2S. The lowest BCUT2D eigenvalue weighted by Gasteiger charge is -2.25. The molecular weight excluding hydrogens is 354 g/mol. The Morgan fingerprint density at radius 3 is 2.04 bits per heavy atom. The molecule has 0 N–H and O–H groups in total. The Kier molecular flexibility index (Phi) is 5.11. The van der Waals surface area contributed by atoms with Gasteiger partial charge in [-0.05, 0) is 48.9 Å². The molecule has 0 aliphatic carbocycles. The van der Waals surface area contributed by atoms with Crippen molar-refractivity contribution < 1.29 is 8.42 Å². The number of nitrogens with zero attached hydrogens (tertiary/aromatic N) is 1. The molecule has 3 aromatic carbocycles. The number of sulfonamides is 1. The number of halogens is 1. The lowest BCUT2D eigenvalue weighted by molar-refractivity contribution is 0.590. The molecule has 0 bridgehead atoms. The molecule has 0 atom stereocenters. The molecule has 0 saturated heterocycles. The van der Waals surface area contributed by atoms with Crippen molar-refractivity contribution in [2.75, 3.05) is 4.31 Å². The number of rotatable bonds is 5. The van der Waals surface area contributed by atoms with Crippen molar-refractivity contribution in [3.05, 3.63) is 95.0 Å². The van der Waals surface area contributed by atoms with E-state index >= 15 is 0 Å². The molecule has 0 aliphatic rings. The Hall–Kier alpha value is -2.30. The van der Waals surface area contributed by atoms with Crippen LogP contribution in [0.25, 0.3) is 0 Å². The van der Waals surface area contributed by atoms with Gasteiger partial charge in [-0.25, -0.2) is 8.42 Å². The Morgan fingerprint density at radius 2 is 1.44 bits per heavy atom. The molecule has 3 rings (SSSR count). The van der Waals surface area contributed by atoms with Gasteiger partial charge in [-0.3, -0.25) is 4.31 Å². The Balaban J connectivity index is 2.05. The van der Waals surface area contributed by atoms with Gasteiger partial charge in [0, 0.05) is 5.02 Å². The van der Waals surface area contributed by atoms with Gasteiger partial charge in [0.15, 0.2) is 0 Å². The fraction of sp³-hybridized carbons (Fsp3) is 0.100. The fourth-order valence-electron chi connectivity index (χ4n) is 2.50. The van der Waals surface area contributed by atoms with E-state index in [0.29, 0.717) is 10.7 Å². The van der Waals surface area contributed by atoms with Gasteiger partial charge in [-0.15, -0.1) is 0 Å². The van der Waals surface area contributed by atoms with Gasteiger partial charge in [0.2, 0.25) is 0 Å². The molecule has 3 nitrogen and oxygen atoms in total. The highest BCUT2D eigenvalue weighted by Gasteiger charge is 2.25. The van der Waals surface area contributed by atoms with E-state index in [9.17, 15) is 8.42 Å². The Bertz CT molecular complexity index is 937. The molecule has 0 heterocycles. The molecule has 0 saturated carbocycles. The molecule has 0 unspecified atom stereocenters. The van der Waals surface area contributed by atoms with E-state index in [0.717, 1.165) is 11.1 Å². The topological polar surface area (TPSA) is 37.4 Å². The fourth-order valence-corrected chi connectivity index (χ4v) is 4.10. The van der Waals surface area contributed by atoms with E-state index < -0.39 is 10.0 Å². The molecule has 25 heavy (non-hydrogen) atoms. The first kappa shape index (κ1) is 17.5. The van der Waals surface area contributed by atoms with Crippen molar-refractivity contribution in [1.29, 1.82) is 0 Å². The van der Waals surface area contributed by atoms with Crippen LogP contribution in [0.15, 0.2) is 83.8 Å². The van der Waals surface area contributed by atoms with Gasteiger partial charge >= 0.3 is 0 Å². The van der Waals surface area contributed by atoms with Gasteiger partial charge in [0.1, 0.15) is 0 Å². The van der Waals surface area contributed by atoms with Crippen molar-refractivity contribution in [1.82, 2.24) is 0 Å². The number of hydrogen-bond acceptors (Lipinski definition) is 2. The summed E-state index contributed by atoms with van der Waals surface area (Å²) in [6.07, 6.45) is 0. The SMILES string of the molecule is Cc1ccc(CN(c2ccc(Cl)cc2)S(=O)(=O)c2ccccc2)cc1. The maximum atomic E-state index is 13.2. The lowest BCUT2D eigenvalue weighted by Crippen LogP contribution is -2.30. The molecule has 128 valence electrons. The van der Waals surface area contributed by atoms with E-state index in [1.165, 1.54) is 4.31 Å². The zero-order valence-corrected chi connectivity index (χ0v) is 15.3. The van der Waals surface area contributed by atoms with E-state index in [1.807, 2.05) is 31.2 Å². The molecule has 0 spiro atoms. The average molecular weight is 372 g/mol. The summed E-state index contributed by atoms with van der Waals surface area (Å²) in [5, 5.41) is 0.566. The second-order valence-corrected chi connectivity index (χ2v) is 8.09. The molecule has 3 aromatic rings. The minimum Gasteiger partial charge on any atom is -0.262 e. The molecule has 0 radical (unpaired) electrons. The highest BCUT2D eigenvalue weighted by Crippen LogP contribution is 2.27. The predicted molar refractivity (Wildman–Crippen MR) is 102 cm³/mol. The first-order chi connectivity index (χ1) is 12.0. The summed E-state index contributed by atoms with van der Waals surface area (Å²) in [4.78, 5) is 0.261. The zero-order valence-electron chi connectivity index (χ0n) is 13.8. The summed E-state index contributed by atoms with van der Waals surface area (Å²) >= 11 is 5.96. The summed E-state index contributed by atoms with van der Waals surface area (Å²) in [5.74, 6) is 0. The van der Waals surface area contributed by atoms with Crippen LogP contribution in [0.4, 0.5) is 5.69 Å². The van der Waals surface area contributed by atoms with Crippen molar-refractivity contribution in [2.24, 2.45) is 0 Å². The number of aryl methyl sites for hydroxylation is 1. The van der Waals surface area contributed by atoms with Crippen molar-refractivity contribution in [3.63, 3.8) is 0 Å². The third kappa shape index (κ3) is 4.03. The smallest absolute Gasteiger partial charge is 0.262 e. The number of benzene rings is 3. The van der Waals surface area contributed by atoms with E-state index in [4.69, 9.17) is 11.6 Å². The quantitative estimate of drug-likeness (QED) is 0.629. The highest BCUT2D eigenvalue weighted by atomic mass is 35.5.